The number of carbonyl (C=O) groups excluding carboxylic acids is 3. The summed E-state index contributed by atoms with van der Waals surface area (Å²) in [6, 6.07) is 6.42. The Hall–Kier alpha value is -2.47. The van der Waals surface area contributed by atoms with Crippen LogP contribution in [0.3, 0.4) is 0 Å². The van der Waals surface area contributed by atoms with Crippen LogP contribution in [-0.2, 0) is 14.4 Å². The van der Waals surface area contributed by atoms with E-state index in [0.717, 1.165) is 38.1 Å². The third-order valence-corrected chi connectivity index (χ3v) is 6.56. The molecule has 1 amide bonds. The van der Waals surface area contributed by atoms with Gasteiger partial charge in [0, 0.05) is 25.8 Å². The highest BCUT2D eigenvalue weighted by Crippen LogP contribution is 2.20. The number of carbonyl (C=O) groups is 3. The maximum absolute atomic E-state index is 10.9. The van der Waals surface area contributed by atoms with Gasteiger partial charge in [-0.05, 0) is 95.1 Å². The molecule has 0 spiro atoms. The molecule has 218 valence electrons. The average Bonchev–Trinajstić information content (AvgIpc) is 2.93. The summed E-state index contributed by atoms with van der Waals surface area (Å²) in [5.41, 5.74) is 3.87. The predicted octanol–water partition coefficient (Wildman–Crippen LogP) is 6.70. The largest absolute Gasteiger partial charge is 0.372 e. The van der Waals surface area contributed by atoms with Crippen molar-refractivity contribution in [2.45, 2.75) is 99.5 Å². The summed E-state index contributed by atoms with van der Waals surface area (Å²) in [6.45, 7) is 22.5. The Bertz CT molecular complexity index is 754. The van der Waals surface area contributed by atoms with Crippen LogP contribution >= 0.6 is 0 Å². The number of nitrogens with one attached hydrogen (secondary N) is 1. The number of hydrogen-bond donors (Lipinski definition) is 1. The predicted molar refractivity (Wildman–Crippen MR) is 165 cm³/mol. The molecule has 1 aromatic rings. The third kappa shape index (κ3) is 17.1. The second kappa shape index (κ2) is 24.8. The van der Waals surface area contributed by atoms with Gasteiger partial charge in [-0.3, -0.25) is 9.59 Å². The van der Waals surface area contributed by atoms with Crippen molar-refractivity contribution in [1.82, 2.24) is 10.2 Å². The van der Waals surface area contributed by atoms with Gasteiger partial charge in [0.05, 0.1) is 6.04 Å². The Morgan fingerprint density at radius 2 is 1.63 bits per heavy atom. The van der Waals surface area contributed by atoms with Gasteiger partial charge in [0.25, 0.3) is 0 Å². The number of nitrogens with zero attached hydrogens (tertiary/aromatic N) is 2. The number of hydrogen-bond acceptors (Lipinski definition) is 5. The fourth-order valence-electron chi connectivity index (χ4n) is 4.28. The number of aldehydes is 1. The Kier molecular flexibility index (Phi) is 24.6. The number of rotatable bonds is 12. The van der Waals surface area contributed by atoms with Crippen LogP contribution in [0.5, 0.6) is 0 Å². The maximum atomic E-state index is 10.9. The van der Waals surface area contributed by atoms with Crippen molar-refractivity contribution in [3.63, 3.8) is 0 Å². The molecule has 0 saturated carbocycles. The molecular formula is C32H57N3O3. The van der Waals surface area contributed by atoms with Gasteiger partial charge in [-0.25, -0.2) is 0 Å². The molecule has 1 atom stereocenters. The number of anilines is 1. The minimum absolute atomic E-state index is 0.0569. The zero-order chi connectivity index (χ0) is 29.3. The standard InChI is InChI=1S/C15H23N.C8H15NO2.C7H15N.C2H4O/c1-5-10-16(11-6-2)15-9-8-13(4)14(7-3)12-15;1-4-5-8(7(2)11)9(3)6-10;1-2-7-3-5-8-6-4-7;1-2-3/h7-9,12H,3,5-6,10-11H2,1-2,4H3;6,8H,4-5H2,1-3H3;7-8H,2-6H2,1H3;2H,1H3. The molecule has 1 N–H and O–H groups in total. The number of ketones is 1. The van der Waals surface area contributed by atoms with Crippen molar-refractivity contribution in [1.29, 1.82) is 0 Å². The number of benzene rings is 1. The number of amides is 1. The highest BCUT2D eigenvalue weighted by atomic mass is 16.1. The monoisotopic (exact) mass is 531 g/mol. The fourth-order valence-corrected chi connectivity index (χ4v) is 4.28. The number of aryl methyl sites for hydroxylation is 1. The van der Waals surface area contributed by atoms with Crippen molar-refractivity contribution in [2.75, 3.05) is 38.1 Å². The molecule has 1 saturated heterocycles. The summed E-state index contributed by atoms with van der Waals surface area (Å²) < 4.78 is 0. The quantitative estimate of drug-likeness (QED) is 0.304. The molecule has 1 aliphatic heterocycles. The second-order valence-corrected chi connectivity index (χ2v) is 9.76. The lowest BCUT2D eigenvalue weighted by Gasteiger charge is -2.24. The average molecular weight is 532 g/mol. The normalized spacial score (nSPS) is 13.2. The number of Topliss-reactive ketones (excluding diaryl/α,β-unsaturated/α-hetero) is 1. The summed E-state index contributed by atoms with van der Waals surface area (Å²) in [7, 11) is 1.63. The van der Waals surface area contributed by atoms with E-state index in [1.165, 1.54) is 80.8 Å². The molecule has 1 aromatic carbocycles. The van der Waals surface area contributed by atoms with Gasteiger partial charge in [-0.2, -0.15) is 0 Å². The van der Waals surface area contributed by atoms with E-state index in [0.29, 0.717) is 6.41 Å². The Labute approximate surface area is 234 Å². The topological polar surface area (TPSA) is 69.7 Å². The molecular weight excluding hydrogens is 474 g/mol. The van der Waals surface area contributed by atoms with Gasteiger partial charge in [0.15, 0.2) is 5.78 Å². The Morgan fingerprint density at radius 1 is 1.08 bits per heavy atom. The minimum Gasteiger partial charge on any atom is -0.372 e. The number of likely N-dealkylation sites (N-methyl/N-ethyl adjacent to an activating group) is 1. The van der Waals surface area contributed by atoms with Crippen molar-refractivity contribution in [3.05, 3.63) is 35.9 Å². The van der Waals surface area contributed by atoms with Crippen LogP contribution < -0.4 is 10.2 Å². The van der Waals surface area contributed by atoms with E-state index in [4.69, 9.17) is 4.79 Å². The van der Waals surface area contributed by atoms with Crippen LogP contribution in [0.2, 0.25) is 0 Å². The second-order valence-electron chi connectivity index (χ2n) is 9.76. The first-order chi connectivity index (χ1) is 18.2. The zero-order valence-electron chi connectivity index (χ0n) is 25.7. The van der Waals surface area contributed by atoms with E-state index in [2.05, 4.69) is 62.7 Å². The van der Waals surface area contributed by atoms with Crippen LogP contribution in [0.4, 0.5) is 5.69 Å². The molecule has 38 heavy (non-hydrogen) atoms. The van der Waals surface area contributed by atoms with Gasteiger partial charge < -0.3 is 19.9 Å². The molecule has 1 fully saturated rings. The fraction of sp³-hybridized carbons (Fsp3) is 0.656. The molecule has 0 aromatic heterocycles. The summed E-state index contributed by atoms with van der Waals surface area (Å²) in [4.78, 5) is 33.9. The summed E-state index contributed by atoms with van der Waals surface area (Å²) in [5.74, 6) is 1.08. The molecule has 1 unspecified atom stereocenters. The van der Waals surface area contributed by atoms with Crippen LogP contribution in [-0.4, -0.2) is 62.6 Å². The van der Waals surface area contributed by atoms with Crippen molar-refractivity contribution < 1.29 is 14.4 Å². The van der Waals surface area contributed by atoms with Crippen LogP contribution in [0, 0.1) is 12.8 Å². The molecule has 1 heterocycles. The first-order valence-corrected chi connectivity index (χ1v) is 14.5. The van der Waals surface area contributed by atoms with E-state index < -0.39 is 0 Å². The maximum Gasteiger partial charge on any atom is 0.210 e. The minimum atomic E-state index is -0.225. The van der Waals surface area contributed by atoms with Gasteiger partial charge in [-0.15, -0.1) is 0 Å². The van der Waals surface area contributed by atoms with Crippen molar-refractivity contribution in [2.24, 2.45) is 5.92 Å². The Balaban J connectivity index is 0. The molecule has 6 nitrogen and oxygen atoms in total. The van der Waals surface area contributed by atoms with Crippen LogP contribution in [0.15, 0.2) is 24.8 Å². The van der Waals surface area contributed by atoms with Crippen molar-refractivity contribution >= 4 is 30.2 Å². The molecule has 0 radical (unpaired) electrons. The third-order valence-electron chi connectivity index (χ3n) is 6.56. The van der Waals surface area contributed by atoms with Gasteiger partial charge >= 0.3 is 0 Å². The van der Waals surface area contributed by atoms with Gasteiger partial charge in [0.2, 0.25) is 6.41 Å². The lowest BCUT2D eigenvalue weighted by molar-refractivity contribution is -0.129. The summed E-state index contributed by atoms with van der Waals surface area (Å²) in [6.07, 6.45) is 11.6. The summed E-state index contributed by atoms with van der Waals surface area (Å²) in [5, 5.41) is 3.35. The molecule has 2 rings (SSSR count). The zero-order valence-corrected chi connectivity index (χ0v) is 25.7. The first-order valence-electron chi connectivity index (χ1n) is 14.5. The van der Waals surface area contributed by atoms with Crippen LogP contribution in [0.1, 0.15) is 97.6 Å². The number of piperidine rings is 1. The summed E-state index contributed by atoms with van der Waals surface area (Å²) >= 11 is 0. The molecule has 0 aliphatic carbocycles. The highest BCUT2D eigenvalue weighted by Gasteiger charge is 2.16. The first kappa shape index (κ1) is 37.7. The van der Waals surface area contributed by atoms with E-state index in [1.54, 1.807) is 7.05 Å². The smallest absolute Gasteiger partial charge is 0.210 e. The van der Waals surface area contributed by atoms with E-state index in [1.807, 2.05) is 13.0 Å². The molecule has 6 heteroatoms. The lowest BCUT2D eigenvalue weighted by atomic mass is 9.96. The van der Waals surface area contributed by atoms with Gasteiger partial charge in [-0.1, -0.05) is 59.3 Å². The Morgan fingerprint density at radius 3 is 2.00 bits per heavy atom. The lowest BCUT2D eigenvalue weighted by Crippen LogP contribution is -2.36. The van der Waals surface area contributed by atoms with Gasteiger partial charge in [0.1, 0.15) is 6.29 Å². The molecule has 0 bridgehead atoms. The molecule has 1 aliphatic rings. The van der Waals surface area contributed by atoms with E-state index in [-0.39, 0.29) is 11.8 Å². The van der Waals surface area contributed by atoms with Crippen LogP contribution in [0.25, 0.3) is 6.08 Å². The van der Waals surface area contributed by atoms with E-state index in [9.17, 15) is 9.59 Å². The van der Waals surface area contributed by atoms with E-state index >= 15 is 0 Å². The SMILES string of the molecule is C=Cc1cc(N(CCC)CCC)ccc1C.CC=O.CCC1CCNCC1.CCCC(C(C)=O)N(C)C=O. The highest BCUT2D eigenvalue weighted by molar-refractivity contribution is 5.83. The van der Waals surface area contributed by atoms with Crippen molar-refractivity contribution in [3.8, 4) is 0 Å².